The summed E-state index contributed by atoms with van der Waals surface area (Å²) in [4.78, 5) is 4.52. The Labute approximate surface area is 120 Å². The van der Waals surface area contributed by atoms with E-state index in [0.29, 0.717) is 12.4 Å². The number of imidazole rings is 1. The van der Waals surface area contributed by atoms with E-state index in [-0.39, 0.29) is 5.82 Å². The predicted octanol–water partition coefficient (Wildman–Crippen LogP) is 3.00. The zero-order valence-corrected chi connectivity index (χ0v) is 12.0. The minimum absolute atomic E-state index is 0.243. The third-order valence-corrected chi connectivity index (χ3v) is 3.56. The lowest BCUT2D eigenvalue weighted by Gasteiger charge is -2.08. The molecule has 0 bridgehead atoms. The molecule has 0 N–H and O–H groups in total. The van der Waals surface area contributed by atoms with Crippen molar-refractivity contribution < 1.29 is 4.39 Å². The first-order valence-electron chi connectivity index (χ1n) is 6.29. The molecule has 0 aliphatic rings. The summed E-state index contributed by atoms with van der Waals surface area (Å²) >= 11 is 5.98. The molecule has 0 spiro atoms. The van der Waals surface area contributed by atoms with Crippen LogP contribution in [0.3, 0.4) is 0 Å². The van der Waals surface area contributed by atoms with Gasteiger partial charge in [0.2, 0.25) is 0 Å². The zero-order valence-electron chi connectivity index (χ0n) is 11.3. The highest BCUT2D eigenvalue weighted by Crippen LogP contribution is 2.21. The molecule has 6 heteroatoms. The second kappa shape index (κ2) is 4.90. The Balaban J connectivity index is 2.14. The summed E-state index contributed by atoms with van der Waals surface area (Å²) in [6.45, 7) is 2.44. The summed E-state index contributed by atoms with van der Waals surface area (Å²) in [5.74, 6) is 0.832. The van der Waals surface area contributed by atoms with E-state index in [2.05, 4.69) is 10.1 Å². The van der Waals surface area contributed by atoms with Crippen molar-refractivity contribution in [1.29, 1.82) is 0 Å². The highest BCUT2D eigenvalue weighted by molar-refractivity contribution is 6.16. The first kappa shape index (κ1) is 13.1. The molecule has 0 radical (unpaired) electrons. The maximum atomic E-state index is 13.3. The monoisotopic (exact) mass is 292 g/mol. The molecule has 3 rings (SSSR count). The second-order valence-electron chi connectivity index (χ2n) is 4.76. The Morgan fingerprint density at radius 3 is 2.85 bits per heavy atom. The minimum Gasteiger partial charge on any atom is -0.307 e. The van der Waals surface area contributed by atoms with Gasteiger partial charge in [-0.25, -0.2) is 9.37 Å². The molecular weight excluding hydrogens is 279 g/mol. The largest absolute Gasteiger partial charge is 0.307 e. The van der Waals surface area contributed by atoms with E-state index in [9.17, 15) is 4.39 Å². The molecular formula is C14H14ClFN4. The van der Waals surface area contributed by atoms with Crippen LogP contribution in [0.5, 0.6) is 0 Å². The molecule has 2 heterocycles. The van der Waals surface area contributed by atoms with Gasteiger partial charge in [-0.15, -0.1) is 11.6 Å². The predicted molar refractivity (Wildman–Crippen MR) is 76.3 cm³/mol. The number of halogens is 2. The summed E-state index contributed by atoms with van der Waals surface area (Å²) in [5, 5.41) is 4.36. The fraction of sp³-hybridized carbons (Fsp3) is 0.286. The number of nitrogens with zero attached hydrogens (tertiary/aromatic N) is 4. The molecule has 1 aromatic carbocycles. The van der Waals surface area contributed by atoms with Crippen molar-refractivity contribution >= 4 is 22.8 Å². The molecule has 2 aromatic heterocycles. The average molecular weight is 293 g/mol. The number of hydrogen-bond acceptors (Lipinski definition) is 2. The molecule has 4 nitrogen and oxygen atoms in total. The SMILES string of the molecule is Cc1nn(C)c2c1nc(CCl)n2Cc1cccc(F)c1. The van der Waals surface area contributed by atoms with Crippen molar-refractivity contribution in [1.82, 2.24) is 19.3 Å². The lowest BCUT2D eigenvalue weighted by atomic mass is 10.2. The highest BCUT2D eigenvalue weighted by Gasteiger charge is 2.16. The van der Waals surface area contributed by atoms with Crippen LogP contribution >= 0.6 is 11.6 Å². The highest BCUT2D eigenvalue weighted by atomic mass is 35.5. The molecule has 0 saturated heterocycles. The van der Waals surface area contributed by atoms with Crippen LogP contribution < -0.4 is 0 Å². The lowest BCUT2D eigenvalue weighted by Crippen LogP contribution is -2.07. The van der Waals surface area contributed by atoms with E-state index in [1.807, 2.05) is 24.6 Å². The Morgan fingerprint density at radius 2 is 2.15 bits per heavy atom. The Hall–Kier alpha value is -1.88. The van der Waals surface area contributed by atoms with Gasteiger partial charge in [-0.3, -0.25) is 4.68 Å². The van der Waals surface area contributed by atoms with Crippen molar-refractivity contribution in [2.45, 2.75) is 19.3 Å². The van der Waals surface area contributed by atoms with Gasteiger partial charge in [-0.2, -0.15) is 5.10 Å². The smallest absolute Gasteiger partial charge is 0.159 e. The zero-order chi connectivity index (χ0) is 14.3. The minimum atomic E-state index is -0.243. The number of benzene rings is 1. The molecule has 104 valence electrons. The summed E-state index contributed by atoms with van der Waals surface area (Å²) in [6.07, 6.45) is 0. The Kier molecular flexibility index (Phi) is 3.22. The third kappa shape index (κ3) is 2.08. The summed E-state index contributed by atoms with van der Waals surface area (Å²) in [5.41, 5.74) is 3.49. The maximum absolute atomic E-state index is 13.3. The van der Waals surface area contributed by atoms with Crippen LogP contribution in [0.15, 0.2) is 24.3 Å². The van der Waals surface area contributed by atoms with Crippen molar-refractivity contribution in [3.8, 4) is 0 Å². The van der Waals surface area contributed by atoms with Crippen LogP contribution in [0.25, 0.3) is 11.2 Å². The maximum Gasteiger partial charge on any atom is 0.159 e. The van der Waals surface area contributed by atoms with Crippen molar-refractivity contribution in [2.24, 2.45) is 7.05 Å². The molecule has 0 aliphatic heterocycles. The van der Waals surface area contributed by atoms with Gasteiger partial charge in [0.15, 0.2) is 5.65 Å². The van der Waals surface area contributed by atoms with Crippen LogP contribution in [0.1, 0.15) is 17.1 Å². The normalized spacial score (nSPS) is 11.4. The standard InChI is InChI=1S/C14H14ClFN4/c1-9-13-14(19(2)18-9)20(12(7-15)17-13)8-10-4-3-5-11(16)6-10/h3-6H,7-8H2,1-2H3. The van der Waals surface area contributed by atoms with Gasteiger partial charge < -0.3 is 4.57 Å². The van der Waals surface area contributed by atoms with Crippen LogP contribution in [0.4, 0.5) is 4.39 Å². The Morgan fingerprint density at radius 1 is 1.35 bits per heavy atom. The van der Waals surface area contributed by atoms with Gasteiger partial charge in [0.1, 0.15) is 17.2 Å². The van der Waals surface area contributed by atoms with E-state index >= 15 is 0 Å². The van der Waals surface area contributed by atoms with Crippen LogP contribution in [0.2, 0.25) is 0 Å². The van der Waals surface area contributed by atoms with Crippen molar-refractivity contribution in [2.75, 3.05) is 0 Å². The fourth-order valence-corrected chi connectivity index (χ4v) is 2.67. The fourth-order valence-electron chi connectivity index (χ4n) is 2.47. The number of fused-ring (bicyclic) bond motifs is 1. The number of alkyl halides is 1. The quantitative estimate of drug-likeness (QED) is 0.696. The summed E-state index contributed by atoms with van der Waals surface area (Å²) < 4.78 is 17.1. The van der Waals surface area contributed by atoms with Gasteiger partial charge in [-0.05, 0) is 24.6 Å². The third-order valence-electron chi connectivity index (χ3n) is 3.32. The molecule has 20 heavy (non-hydrogen) atoms. The number of rotatable bonds is 3. The average Bonchev–Trinajstić information content (AvgIpc) is 2.89. The van der Waals surface area contributed by atoms with E-state index in [1.165, 1.54) is 12.1 Å². The van der Waals surface area contributed by atoms with Crippen molar-refractivity contribution in [3.05, 3.63) is 47.2 Å². The van der Waals surface area contributed by atoms with Gasteiger partial charge in [0.25, 0.3) is 0 Å². The number of aryl methyl sites for hydroxylation is 2. The first-order valence-corrected chi connectivity index (χ1v) is 6.82. The molecule has 0 saturated carbocycles. The number of aromatic nitrogens is 4. The first-order chi connectivity index (χ1) is 9.60. The van der Waals surface area contributed by atoms with Crippen LogP contribution in [0, 0.1) is 12.7 Å². The van der Waals surface area contributed by atoms with Gasteiger partial charge in [0, 0.05) is 7.05 Å². The van der Waals surface area contributed by atoms with Gasteiger partial charge in [0.05, 0.1) is 18.1 Å². The topological polar surface area (TPSA) is 35.6 Å². The molecule has 0 atom stereocenters. The van der Waals surface area contributed by atoms with Gasteiger partial charge in [-0.1, -0.05) is 12.1 Å². The second-order valence-corrected chi connectivity index (χ2v) is 5.03. The molecule has 0 aliphatic carbocycles. The van der Waals surface area contributed by atoms with Gasteiger partial charge >= 0.3 is 0 Å². The molecule has 3 aromatic rings. The summed E-state index contributed by atoms with van der Waals surface area (Å²) in [6, 6.07) is 6.54. The van der Waals surface area contributed by atoms with Crippen molar-refractivity contribution in [3.63, 3.8) is 0 Å². The van der Waals surface area contributed by atoms with E-state index in [4.69, 9.17) is 11.6 Å². The summed E-state index contributed by atoms with van der Waals surface area (Å²) in [7, 11) is 1.87. The molecule has 0 unspecified atom stereocenters. The Bertz CT molecular complexity index is 775. The molecule has 0 amide bonds. The van der Waals surface area contributed by atoms with Crippen LogP contribution in [-0.2, 0) is 19.5 Å². The van der Waals surface area contributed by atoms with E-state index in [0.717, 1.165) is 28.2 Å². The lowest BCUT2D eigenvalue weighted by molar-refractivity contribution is 0.622. The van der Waals surface area contributed by atoms with E-state index < -0.39 is 0 Å². The van der Waals surface area contributed by atoms with Crippen LogP contribution in [-0.4, -0.2) is 19.3 Å². The van der Waals surface area contributed by atoms with E-state index in [1.54, 1.807) is 10.7 Å². The number of hydrogen-bond donors (Lipinski definition) is 0. The molecule has 0 fully saturated rings.